The number of hydrogen-bond acceptors (Lipinski definition) is 4. The predicted octanol–water partition coefficient (Wildman–Crippen LogP) is 6.23. The molecule has 0 atom stereocenters. The second-order valence-corrected chi connectivity index (χ2v) is 9.14. The van der Waals surface area contributed by atoms with Crippen LogP contribution in [0.25, 0.3) is 0 Å². The van der Waals surface area contributed by atoms with Gasteiger partial charge in [-0.25, -0.2) is 0 Å². The fourth-order valence-corrected chi connectivity index (χ4v) is 3.92. The van der Waals surface area contributed by atoms with Gasteiger partial charge in [0.1, 0.15) is 0 Å². The molecule has 0 aromatic heterocycles. The molecule has 0 N–H and O–H groups in total. The van der Waals surface area contributed by atoms with Crippen molar-refractivity contribution in [3.05, 3.63) is 35.9 Å². The first-order valence-corrected chi connectivity index (χ1v) is 13.5. The molecule has 0 heterocycles. The van der Waals surface area contributed by atoms with Crippen molar-refractivity contribution >= 4 is 29.3 Å². The summed E-state index contributed by atoms with van der Waals surface area (Å²) in [6.45, 7) is 2.28. The molecule has 0 unspecified atom stereocenters. The van der Waals surface area contributed by atoms with Crippen molar-refractivity contribution in [3.63, 3.8) is 0 Å². The molecule has 5 heteroatoms. The van der Waals surface area contributed by atoms with Crippen LogP contribution in [-0.2, 0) is 4.79 Å². The minimum atomic E-state index is -1.13. The van der Waals surface area contributed by atoms with E-state index in [-0.39, 0.29) is 29.3 Å². The van der Waals surface area contributed by atoms with Gasteiger partial charge in [-0.1, -0.05) is 153 Å². The quantitative estimate of drug-likeness (QED) is 0.152. The first-order chi connectivity index (χ1) is 16.1. The molecule has 0 radical (unpaired) electrons. The number of carbonyl (C=O) groups is 2. The smallest absolute Gasteiger partial charge is 0.550 e. The van der Waals surface area contributed by atoms with Crippen molar-refractivity contribution in [2.45, 2.75) is 135 Å². The predicted molar refractivity (Wildman–Crippen MR) is 140 cm³/mol. The van der Waals surface area contributed by atoms with Gasteiger partial charge in [0, 0.05) is 5.97 Å². The third-order valence-corrected chi connectivity index (χ3v) is 5.99. The van der Waals surface area contributed by atoms with Gasteiger partial charge in [0.25, 0.3) is 0 Å². The van der Waals surface area contributed by atoms with Crippen LogP contribution in [0, 0.1) is 0 Å². The summed E-state index contributed by atoms with van der Waals surface area (Å²) in [6.07, 6.45) is 25.7. The van der Waals surface area contributed by atoms with Gasteiger partial charge in [-0.05, 0) is 18.4 Å². The maximum Gasteiger partial charge on any atom is 3.00 e. The molecule has 0 aliphatic carbocycles. The van der Waals surface area contributed by atoms with Crippen molar-refractivity contribution in [2.24, 2.45) is 0 Å². The molecule has 4 nitrogen and oxygen atoms in total. The summed E-state index contributed by atoms with van der Waals surface area (Å²) in [5, 5.41) is 20.4. The van der Waals surface area contributed by atoms with Crippen LogP contribution in [0.5, 0.6) is 0 Å². The average molecular weight is 488 g/mol. The maximum absolute atomic E-state index is 10.3. The molecule has 0 aliphatic rings. The summed E-state index contributed by atoms with van der Waals surface area (Å²) in [7, 11) is 0. The molecule has 0 amide bonds. The van der Waals surface area contributed by atoms with Gasteiger partial charge in [-0.2, -0.15) is 0 Å². The van der Waals surface area contributed by atoms with Gasteiger partial charge in [-0.15, -0.1) is 0 Å². The molecule has 190 valence electrons. The van der Waals surface area contributed by atoms with Crippen LogP contribution in [0.1, 0.15) is 146 Å². The number of carboxylic acid groups (broad SMARTS) is 2. The average Bonchev–Trinajstić information content (AvgIpc) is 2.81. The van der Waals surface area contributed by atoms with Crippen molar-refractivity contribution < 1.29 is 19.8 Å². The molecular weight excluding hydrogens is 439 g/mol. The SMILES string of the molecule is CCCCCCCCCCCCCCCCCCCCCC(=O)[O-].O=C([O-])c1ccccc1.[Al+3]. The molecule has 0 spiro atoms. The fraction of sp³-hybridized carbons (Fsp3) is 0.724. The Bertz CT molecular complexity index is 563. The van der Waals surface area contributed by atoms with Gasteiger partial charge in [0.2, 0.25) is 0 Å². The summed E-state index contributed by atoms with van der Waals surface area (Å²) in [5.74, 6) is -2.03. The van der Waals surface area contributed by atoms with E-state index in [0.29, 0.717) is 0 Å². The molecule has 0 saturated heterocycles. The van der Waals surface area contributed by atoms with Crippen LogP contribution < -0.4 is 10.2 Å². The summed E-state index contributed by atoms with van der Waals surface area (Å²) in [5.41, 5.74) is 0.220. The van der Waals surface area contributed by atoms with Crippen LogP contribution in [0.15, 0.2) is 30.3 Å². The minimum Gasteiger partial charge on any atom is -0.550 e. The van der Waals surface area contributed by atoms with Gasteiger partial charge in [-0.3, -0.25) is 0 Å². The van der Waals surface area contributed by atoms with Crippen molar-refractivity contribution in [3.8, 4) is 0 Å². The summed E-state index contributed by atoms with van der Waals surface area (Å²) < 4.78 is 0. The zero-order chi connectivity index (χ0) is 24.4. The Balaban J connectivity index is 0. The molecule has 0 saturated carbocycles. The van der Waals surface area contributed by atoms with E-state index in [0.717, 1.165) is 12.8 Å². The van der Waals surface area contributed by atoms with E-state index in [1.54, 1.807) is 18.2 Å². The minimum absolute atomic E-state index is 0. The van der Waals surface area contributed by atoms with Gasteiger partial charge in [0.05, 0.1) is 5.97 Å². The number of carbonyl (C=O) groups excluding carboxylic acids is 2. The van der Waals surface area contributed by atoms with E-state index in [2.05, 4.69) is 6.92 Å². The van der Waals surface area contributed by atoms with E-state index in [4.69, 9.17) is 0 Å². The summed E-state index contributed by atoms with van der Waals surface area (Å²) in [6, 6.07) is 8.06. The number of benzene rings is 1. The van der Waals surface area contributed by atoms with Crippen LogP contribution in [0.2, 0.25) is 0 Å². The topological polar surface area (TPSA) is 80.3 Å². The first-order valence-electron chi connectivity index (χ1n) is 13.5. The molecule has 1 aromatic rings. The molecule has 1 rings (SSSR count). The van der Waals surface area contributed by atoms with Gasteiger partial charge >= 0.3 is 17.4 Å². The first kappa shape index (κ1) is 34.9. The van der Waals surface area contributed by atoms with Crippen molar-refractivity contribution in [1.29, 1.82) is 0 Å². The molecular formula is C29H48AlO4+. The number of aromatic carboxylic acids is 1. The number of hydrogen-bond donors (Lipinski definition) is 0. The van der Waals surface area contributed by atoms with Gasteiger partial charge < -0.3 is 19.8 Å². The molecule has 0 fully saturated rings. The second-order valence-electron chi connectivity index (χ2n) is 9.14. The Hall–Kier alpha value is -1.31. The van der Waals surface area contributed by atoms with E-state index < -0.39 is 11.9 Å². The normalized spacial score (nSPS) is 10.1. The second kappa shape index (κ2) is 27.9. The largest absolute Gasteiger partial charge is 3.00 e. The standard InChI is InChI=1S/C22H44O2.C7H6O2.Al/c1-2-3-4-5-6-7-8-9-10-11-12-13-14-15-16-17-18-19-20-21-22(23)24;8-7(9)6-4-2-1-3-5-6;/h2-21H2,1H3,(H,23,24);1-5H,(H,8,9);/q;;+3/p-2. The molecule has 0 aliphatic heterocycles. The number of aliphatic carboxylic acids is 1. The van der Waals surface area contributed by atoms with Crippen LogP contribution >= 0.6 is 0 Å². The summed E-state index contributed by atoms with van der Waals surface area (Å²) in [4.78, 5) is 20.4. The Morgan fingerprint density at radius 1 is 0.559 bits per heavy atom. The van der Waals surface area contributed by atoms with Crippen LogP contribution in [-0.4, -0.2) is 29.3 Å². The molecule has 0 bridgehead atoms. The Labute approximate surface area is 220 Å². The monoisotopic (exact) mass is 487 g/mol. The van der Waals surface area contributed by atoms with Crippen LogP contribution in [0.4, 0.5) is 0 Å². The Morgan fingerprint density at radius 3 is 1.15 bits per heavy atom. The zero-order valence-corrected chi connectivity index (χ0v) is 22.9. The zero-order valence-electron chi connectivity index (χ0n) is 21.7. The third kappa shape index (κ3) is 26.9. The molecule has 1 aromatic carbocycles. The van der Waals surface area contributed by atoms with Gasteiger partial charge in [0.15, 0.2) is 0 Å². The number of unbranched alkanes of at least 4 members (excludes halogenated alkanes) is 18. The van der Waals surface area contributed by atoms with E-state index in [1.807, 2.05) is 0 Å². The van der Waals surface area contributed by atoms with Crippen LogP contribution in [0.3, 0.4) is 0 Å². The number of carboxylic acids is 2. The van der Waals surface area contributed by atoms with E-state index >= 15 is 0 Å². The maximum atomic E-state index is 10.3. The Morgan fingerprint density at radius 2 is 0.882 bits per heavy atom. The van der Waals surface area contributed by atoms with E-state index in [9.17, 15) is 19.8 Å². The number of rotatable bonds is 21. The fourth-order valence-electron chi connectivity index (χ4n) is 3.92. The Kier molecular flexibility index (Phi) is 28.6. The van der Waals surface area contributed by atoms with E-state index in [1.165, 1.54) is 121 Å². The molecule has 34 heavy (non-hydrogen) atoms. The summed E-state index contributed by atoms with van der Waals surface area (Å²) >= 11 is 0. The van der Waals surface area contributed by atoms with Crippen molar-refractivity contribution in [1.82, 2.24) is 0 Å². The third-order valence-electron chi connectivity index (χ3n) is 5.99. The van der Waals surface area contributed by atoms with Crippen molar-refractivity contribution in [2.75, 3.05) is 0 Å².